The van der Waals surface area contributed by atoms with E-state index in [9.17, 15) is 9.59 Å². The number of anilines is 1. The van der Waals surface area contributed by atoms with Crippen LogP contribution in [0.5, 0.6) is 0 Å². The molecule has 4 nitrogen and oxygen atoms in total. The molecule has 0 heterocycles. The van der Waals surface area contributed by atoms with Crippen LogP contribution in [0.25, 0.3) is 0 Å². The first-order valence-electron chi connectivity index (χ1n) is 7.20. The molecule has 0 aliphatic heterocycles. The van der Waals surface area contributed by atoms with Gasteiger partial charge in [0.25, 0.3) is 11.8 Å². The van der Waals surface area contributed by atoms with Gasteiger partial charge >= 0.3 is 0 Å². The van der Waals surface area contributed by atoms with Crippen LogP contribution in [0.4, 0.5) is 5.69 Å². The van der Waals surface area contributed by atoms with E-state index in [2.05, 4.69) is 26.6 Å². The number of carbonyl (C=O) groups excluding carboxylic acids is 2. The highest BCUT2D eigenvalue weighted by Gasteiger charge is 2.24. The van der Waals surface area contributed by atoms with Gasteiger partial charge in [0.1, 0.15) is 0 Å². The maximum atomic E-state index is 12.2. The summed E-state index contributed by atoms with van der Waals surface area (Å²) >= 11 is 9.49. The molecule has 0 bridgehead atoms. The Morgan fingerprint density at radius 1 is 1.04 bits per heavy atom. The van der Waals surface area contributed by atoms with Gasteiger partial charge in [-0.05, 0) is 55.3 Å². The molecule has 1 aliphatic rings. The smallest absolute Gasteiger partial charge is 0.255 e. The van der Waals surface area contributed by atoms with Gasteiger partial charge in [0.15, 0.2) is 0 Å². The highest BCUT2D eigenvalue weighted by molar-refractivity contribution is 9.10. The Labute approximate surface area is 147 Å². The topological polar surface area (TPSA) is 58.2 Å². The van der Waals surface area contributed by atoms with E-state index in [0.29, 0.717) is 21.8 Å². The molecule has 0 unspecified atom stereocenters. The first kappa shape index (κ1) is 16.0. The van der Waals surface area contributed by atoms with Gasteiger partial charge in [-0.3, -0.25) is 9.59 Å². The molecular weight excluding hydrogens is 380 g/mol. The molecule has 2 N–H and O–H groups in total. The summed E-state index contributed by atoms with van der Waals surface area (Å²) in [6, 6.07) is 12.2. The van der Waals surface area contributed by atoms with Crippen molar-refractivity contribution < 1.29 is 9.59 Å². The van der Waals surface area contributed by atoms with Crippen molar-refractivity contribution in [1.82, 2.24) is 5.32 Å². The van der Waals surface area contributed by atoms with E-state index in [1.54, 1.807) is 42.5 Å². The van der Waals surface area contributed by atoms with Gasteiger partial charge in [-0.2, -0.15) is 0 Å². The third-order valence-electron chi connectivity index (χ3n) is 3.49. The number of hydrogen-bond donors (Lipinski definition) is 2. The summed E-state index contributed by atoms with van der Waals surface area (Å²) in [5.41, 5.74) is 1.51. The monoisotopic (exact) mass is 392 g/mol. The SMILES string of the molecule is O=C(Nc1ccc(C(=O)NC2CC2)c(Cl)c1)c1ccc(Br)cc1. The van der Waals surface area contributed by atoms with Crippen molar-refractivity contribution in [3.8, 4) is 0 Å². The van der Waals surface area contributed by atoms with Crippen LogP contribution < -0.4 is 10.6 Å². The minimum Gasteiger partial charge on any atom is -0.349 e. The van der Waals surface area contributed by atoms with Crippen LogP contribution in [0.3, 0.4) is 0 Å². The average Bonchev–Trinajstić information content (AvgIpc) is 3.31. The summed E-state index contributed by atoms with van der Waals surface area (Å²) in [6.45, 7) is 0. The maximum absolute atomic E-state index is 12.2. The standard InChI is InChI=1S/C17H14BrClN2O2/c18-11-3-1-10(2-4-11)16(22)21-13-7-8-14(15(19)9-13)17(23)20-12-5-6-12/h1-4,7-9,12H,5-6H2,(H,20,23)(H,21,22). The second-order valence-corrected chi connectivity index (χ2v) is 6.73. The third-order valence-corrected chi connectivity index (χ3v) is 4.33. The van der Waals surface area contributed by atoms with Gasteiger partial charge < -0.3 is 10.6 Å². The van der Waals surface area contributed by atoms with Crippen molar-refractivity contribution in [2.24, 2.45) is 0 Å². The molecule has 1 fully saturated rings. The molecule has 6 heteroatoms. The zero-order chi connectivity index (χ0) is 16.4. The fraction of sp³-hybridized carbons (Fsp3) is 0.176. The molecule has 1 aliphatic carbocycles. The number of hydrogen-bond acceptors (Lipinski definition) is 2. The molecule has 0 atom stereocenters. The van der Waals surface area contributed by atoms with Crippen molar-refractivity contribution in [3.05, 3.63) is 63.1 Å². The van der Waals surface area contributed by atoms with Crippen LogP contribution in [0.15, 0.2) is 46.9 Å². The number of benzene rings is 2. The Kier molecular flexibility index (Phi) is 4.68. The molecular formula is C17H14BrClN2O2. The number of carbonyl (C=O) groups is 2. The van der Waals surface area contributed by atoms with Crippen LogP contribution in [-0.2, 0) is 0 Å². The Balaban J connectivity index is 1.70. The maximum Gasteiger partial charge on any atom is 0.255 e. The molecule has 2 aromatic rings. The lowest BCUT2D eigenvalue weighted by Crippen LogP contribution is -2.25. The quantitative estimate of drug-likeness (QED) is 0.816. The summed E-state index contributed by atoms with van der Waals surface area (Å²) < 4.78 is 0.906. The first-order valence-corrected chi connectivity index (χ1v) is 8.37. The van der Waals surface area contributed by atoms with Crippen LogP contribution in [0.1, 0.15) is 33.6 Å². The normalized spacial score (nSPS) is 13.5. The van der Waals surface area contributed by atoms with E-state index in [-0.39, 0.29) is 17.9 Å². The zero-order valence-electron chi connectivity index (χ0n) is 12.1. The van der Waals surface area contributed by atoms with Crippen molar-refractivity contribution in [2.75, 3.05) is 5.32 Å². The van der Waals surface area contributed by atoms with E-state index >= 15 is 0 Å². The van der Waals surface area contributed by atoms with Crippen molar-refractivity contribution >= 4 is 45.0 Å². The minimum atomic E-state index is -0.233. The predicted octanol–water partition coefficient (Wildman–Crippen LogP) is 4.25. The minimum absolute atomic E-state index is 0.178. The largest absolute Gasteiger partial charge is 0.349 e. The zero-order valence-corrected chi connectivity index (χ0v) is 14.4. The first-order chi connectivity index (χ1) is 11.0. The van der Waals surface area contributed by atoms with Gasteiger partial charge in [0, 0.05) is 21.8 Å². The van der Waals surface area contributed by atoms with Crippen LogP contribution in [0.2, 0.25) is 5.02 Å². The fourth-order valence-electron chi connectivity index (χ4n) is 2.07. The van der Waals surface area contributed by atoms with Gasteiger partial charge in [-0.25, -0.2) is 0 Å². The third kappa shape index (κ3) is 4.12. The molecule has 118 valence electrons. The van der Waals surface area contributed by atoms with Crippen LogP contribution in [-0.4, -0.2) is 17.9 Å². The molecule has 1 saturated carbocycles. The van der Waals surface area contributed by atoms with E-state index < -0.39 is 0 Å². The molecule has 23 heavy (non-hydrogen) atoms. The second-order valence-electron chi connectivity index (χ2n) is 5.40. The molecule has 0 spiro atoms. The number of amides is 2. The number of rotatable bonds is 4. The second kappa shape index (κ2) is 6.72. The molecule has 3 rings (SSSR count). The van der Waals surface area contributed by atoms with Crippen molar-refractivity contribution in [1.29, 1.82) is 0 Å². The van der Waals surface area contributed by atoms with E-state index in [1.807, 2.05) is 0 Å². The Bertz CT molecular complexity index is 758. The lowest BCUT2D eigenvalue weighted by atomic mass is 10.1. The summed E-state index contributed by atoms with van der Waals surface area (Å²) in [5.74, 6) is -0.410. The van der Waals surface area contributed by atoms with Crippen molar-refractivity contribution in [2.45, 2.75) is 18.9 Å². The van der Waals surface area contributed by atoms with Gasteiger partial charge in [-0.1, -0.05) is 27.5 Å². The van der Waals surface area contributed by atoms with Gasteiger partial charge in [0.2, 0.25) is 0 Å². The average molecular weight is 394 g/mol. The predicted molar refractivity (Wildman–Crippen MR) is 94.0 cm³/mol. The summed E-state index contributed by atoms with van der Waals surface area (Å²) in [5, 5.41) is 5.97. The number of nitrogens with one attached hydrogen (secondary N) is 2. The van der Waals surface area contributed by atoms with Crippen LogP contribution >= 0.6 is 27.5 Å². The fourth-order valence-corrected chi connectivity index (χ4v) is 2.60. The van der Waals surface area contributed by atoms with Crippen molar-refractivity contribution in [3.63, 3.8) is 0 Å². The van der Waals surface area contributed by atoms with Gasteiger partial charge in [0.05, 0.1) is 10.6 Å². The highest BCUT2D eigenvalue weighted by Crippen LogP contribution is 2.24. The molecule has 2 aromatic carbocycles. The summed E-state index contributed by atoms with van der Waals surface area (Å²) in [7, 11) is 0. The van der Waals surface area contributed by atoms with E-state index in [0.717, 1.165) is 17.3 Å². The van der Waals surface area contributed by atoms with E-state index in [4.69, 9.17) is 11.6 Å². The molecule has 0 saturated heterocycles. The Hall–Kier alpha value is -1.85. The van der Waals surface area contributed by atoms with Crippen LogP contribution in [0, 0.1) is 0 Å². The lowest BCUT2D eigenvalue weighted by Gasteiger charge is -2.09. The molecule has 2 amide bonds. The molecule has 0 radical (unpaired) electrons. The molecule has 0 aromatic heterocycles. The summed E-state index contributed by atoms with van der Waals surface area (Å²) in [4.78, 5) is 24.2. The van der Waals surface area contributed by atoms with Gasteiger partial charge in [-0.15, -0.1) is 0 Å². The Morgan fingerprint density at radius 2 is 1.74 bits per heavy atom. The van der Waals surface area contributed by atoms with E-state index in [1.165, 1.54) is 0 Å². The highest BCUT2D eigenvalue weighted by atomic mass is 79.9. The summed E-state index contributed by atoms with van der Waals surface area (Å²) in [6.07, 6.45) is 2.04. The Morgan fingerprint density at radius 3 is 2.35 bits per heavy atom. The lowest BCUT2D eigenvalue weighted by molar-refractivity contribution is 0.0950. The number of halogens is 2.